The van der Waals surface area contributed by atoms with Crippen LogP contribution in [0, 0.1) is 10.8 Å². The van der Waals surface area contributed by atoms with Crippen LogP contribution in [0.4, 0.5) is 5.82 Å². The van der Waals surface area contributed by atoms with Crippen molar-refractivity contribution in [3.05, 3.63) is 22.7 Å². The summed E-state index contributed by atoms with van der Waals surface area (Å²) in [4.78, 5) is 54.6. The van der Waals surface area contributed by atoms with E-state index in [2.05, 4.69) is 15.6 Å². The molecule has 31 heavy (non-hydrogen) atoms. The van der Waals surface area contributed by atoms with Crippen molar-refractivity contribution in [2.45, 2.75) is 38.8 Å². The lowest BCUT2D eigenvalue weighted by Gasteiger charge is -2.23. The molecule has 170 valence electrons. The molecular weight excluding hydrogens is 406 g/mol. The van der Waals surface area contributed by atoms with Crippen LogP contribution in [0.15, 0.2) is 17.2 Å². The van der Waals surface area contributed by atoms with Gasteiger partial charge >= 0.3 is 5.97 Å². The standard InChI is InChI=1S/C19H29N7O5/c1-5-14(18(30)24-13(8-16(28)29)15(27)10-25(3)4)26-7-6-22-17(19(26)31)23-9-12(21)11(2)20/h6-7,13-14,20-21H,5,8-10H2,1-4H3,(H,22,23)(H,24,30)(H,28,29). The third-order valence-electron chi connectivity index (χ3n) is 4.33. The average Bonchev–Trinajstić information content (AvgIpc) is 2.67. The van der Waals surface area contributed by atoms with Gasteiger partial charge in [-0.25, -0.2) is 4.98 Å². The highest BCUT2D eigenvalue weighted by Crippen LogP contribution is 2.11. The summed E-state index contributed by atoms with van der Waals surface area (Å²) in [5.74, 6) is -2.45. The Labute approximate surface area is 179 Å². The first-order valence-corrected chi connectivity index (χ1v) is 9.61. The van der Waals surface area contributed by atoms with E-state index in [4.69, 9.17) is 15.9 Å². The zero-order valence-electron chi connectivity index (χ0n) is 18.1. The fraction of sp³-hybridized carbons (Fsp3) is 0.526. The van der Waals surface area contributed by atoms with Crippen molar-refractivity contribution in [3.8, 4) is 0 Å². The number of ketones is 1. The maximum Gasteiger partial charge on any atom is 0.305 e. The van der Waals surface area contributed by atoms with Crippen LogP contribution < -0.4 is 16.2 Å². The summed E-state index contributed by atoms with van der Waals surface area (Å²) < 4.78 is 1.14. The highest BCUT2D eigenvalue weighted by atomic mass is 16.4. The number of anilines is 1. The van der Waals surface area contributed by atoms with Crippen molar-refractivity contribution < 1.29 is 19.5 Å². The van der Waals surface area contributed by atoms with Crippen molar-refractivity contribution in [1.29, 1.82) is 10.8 Å². The van der Waals surface area contributed by atoms with Crippen LogP contribution in [0.3, 0.4) is 0 Å². The van der Waals surface area contributed by atoms with Gasteiger partial charge in [0.05, 0.1) is 37.0 Å². The number of carbonyl (C=O) groups excluding carboxylic acids is 2. The fourth-order valence-corrected chi connectivity index (χ4v) is 2.71. The first kappa shape index (κ1) is 25.6. The number of rotatable bonds is 13. The lowest BCUT2D eigenvalue weighted by Crippen LogP contribution is -2.48. The van der Waals surface area contributed by atoms with Gasteiger partial charge in [0.2, 0.25) is 5.91 Å². The molecule has 0 radical (unpaired) electrons. The minimum atomic E-state index is -1.23. The quantitative estimate of drug-likeness (QED) is 0.263. The van der Waals surface area contributed by atoms with Gasteiger partial charge in [-0.3, -0.25) is 23.7 Å². The summed E-state index contributed by atoms with van der Waals surface area (Å²) in [6.45, 7) is 3.00. The molecule has 2 unspecified atom stereocenters. The summed E-state index contributed by atoms with van der Waals surface area (Å²) in [5, 5.41) is 29.3. The summed E-state index contributed by atoms with van der Waals surface area (Å²) in [5.41, 5.74) is -0.590. The largest absolute Gasteiger partial charge is 0.481 e. The first-order chi connectivity index (χ1) is 14.5. The van der Waals surface area contributed by atoms with Gasteiger partial charge in [-0.2, -0.15) is 0 Å². The summed E-state index contributed by atoms with van der Waals surface area (Å²) in [7, 11) is 3.30. The number of carbonyl (C=O) groups is 3. The molecule has 1 rings (SSSR count). The maximum atomic E-state index is 12.8. The molecule has 1 aromatic rings. The molecule has 0 aliphatic heterocycles. The SMILES string of the molecule is CCC(C(=O)NC(CC(=O)O)C(=O)CN(C)C)n1ccnc(NCC(=N)C(C)=N)c1=O. The molecule has 0 saturated carbocycles. The Bertz CT molecular complexity index is 909. The molecule has 0 aliphatic carbocycles. The molecule has 0 spiro atoms. The number of likely N-dealkylation sites (N-methyl/N-ethyl adjacent to an activating group) is 1. The average molecular weight is 435 g/mol. The monoisotopic (exact) mass is 435 g/mol. The van der Waals surface area contributed by atoms with Crippen molar-refractivity contribution in [2.24, 2.45) is 0 Å². The van der Waals surface area contributed by atoms with Crippen LogP contribution in [-0.4, -0.2) is 81.9 Å². The van der Waals surface area contributed by atoms with Gasteiger partial charge in [0.15, 0.2) is 11.6 Å². The Morgan fingerprint density at radius 2 is 1.94 bits per heavy atom. The van der Waals surface area contributed by atoms with Gasteiger partial charge in [-0.05, 0) is 27.4 Å². The van der Waals surface area contributed by atoms with E-state index < -0.39 is 41.7 Å². The molecule has 1 amide bonds. The predicted molar refractivity (Wildman–Crippen MR) is 115 cm³/mol. The van der Waals surface area contributed by atoms with Crippen LogP contribution in [-0.2, 0) is 14.4 Å². The zero-order valence-corrected chi connectivity index (χ0v) is 18.1. The van der Waals surface area contributed by atoms with Gasteiger partial charge in [-0.15, -0.1) is 0 Å². The van der Waals surface area contributed by atoms with Gasteiger partial charge in [0, 0.05) is 12.4 Å². The van der Waals surface area contributed by atoms with E-state index in [0.29, 0.717) is 0 Å². The number of Topliss-reactive ketones (excluding diaryl/α,β-unsaturated/α-hetero) is 1. The van der Waals surface area contributed by atoms with Gasteiger partial charge in [-0.1, -0.05) is 6.92 Å². The van der Waals surface area contributed by atoms with Gasteiger partial charge in [0.1, 0.15) is 6.04 Å². The van der Waals surface area contributed by atoms with Crippen LogP contribution in [0.1, 0.15) is 32.7 Å². The zero-order chi connectivity index (χ0) is 23.7. The van der Waals surface area contributed by atoms with Crippen LogP contribution in [0.25, 0.3) is 0 Å². The maximum absolute atomic E-state index is 12.8. The Balaban J connectivity index is 3.09. The molecule has 0 aliphatic rings. The van der Waals surface area contributed by atoms with E-state index in [1.165, 1.54) is 19.3 Å². The second-order valence-electron chi connectivity index (χ2n) is 7.23. The molecular formula is C19H29N7O5. The fourth-order valence-electron chi connectivity index (χ4n) is 2.71. The predicted octanol–water partition coefficient (Wildman–Crippen LogP) is -0.244. The third kappa shape index (κ3) is 7.74. The topological polar surface area (TPSA) is 181 Å². The molecule has 2 atom stereocenters. The lowest BCUT2D eigenvalue weighted by atomic mass is 10.1. The second kappa shape index (κ2) is 11.7. The van der Waals surface area contributed by atoms with Crippen molar-refractivity contribution in [2.75, 3.05) is 32.5 Å². The van der Waals surface area contributed by atoms with Crippen molar-refractivity contribution in [1.82, 2.24) is 19.8 Å². The van der Waals surface area contributed by atoms with Crippen molar-refractivity contribution in [3.63, 3.8) is 0 Å². The molecule has 12 heteroatoms. The van der Waals surface area contributed by atoms with E-state index in [1.807, 2.05) is 0 Å². The van der Waals surface area contributed by atoms with Gasteiger partial charge in [0.25, 0.3) is 5.56 Å². The number of carboxylic acid groups (broad SMARTS) is 1. The lowest BCUT2D eigenvalue weighted by molar-refractivity contribution is -0.140. The molecule has 0 saturated heterocycles. The number of aromatic nitrogens is 2. The summed E-state index contributed by atoms with van der Waals surface area (Å²) in [6.07, 6.45) is 2.26. The van der Waals surface area contributed by atoms with E-state index >= 15 is 0 Å². The molecule has 1 aromatic heterocycles. The van der Waals surface area contributed by atoms with E-state index in [9.17, 15) is 19.2 Å². The van der Waals surface area contributed by atoms with Crippen LogP contribution in [0.5, 0.6) is 0 Å². The highest BCUT2D eigenvalue weighted by Gasteiger charge is 2.28. The number of amides is 1. The Morgan fingerprint density at radius 1 is 1.29 bits per heavy atom. The molecule has 12 nitrogen and oxygen atoms in total. The third-order valence-corrected chi connectivity index (χ3v) is 4.33. The van der Waals surface area contributed by atoms with Gasteiger partial charge < -0.3 is 31.5 Å². The molecule has 0 aromatic carbocycles. The Kier molecular flexibility index (Phi) is 9.67. The molecule has 1 heterocycles. The number of aliphatic carboxylic acids is 1. The number of nitrogens with one attached hydrogen (secondary N) is 4. The number of hydrogen-bond acceptors (Lipinski definition) is 9. The summed E-state index contributed by atoms with van der Waals surface area (Å²) >= 11 is 0. The van der Waals surface area contributed by atoms with Crippen LogP contribution in [0.2, 0.25) is 0 Å². The minimum absolute atomic E-state index is 0.0164. The van der Waals surface area contributed by atoms with E-state index in [-0.39, 0.29) is 36.8 Å². The number of nitrogens with zero attached hydrogens (tertiary/aromatic N) is 3. The highest BCUT2D eigenvalue weighted by molar-refractivity contribution is 6.40. The molecule has 5 N–H and O–H groups in total. The van der Waals surface area contributed by atoms with E-state index in [1.54, 1.807) is 25.9 Å². The number of carboxylic acids is 1. The smallest absolute Gasteiger partial charge is 0.305 e. The second-order valence-corrected chi connectivity index (χ2v) is 7.23. The molecule has 0 bridgehead atoms. The normalized spacial score (nSPS) is 12.7. The van der Waals surface area contributed by atoms with Crippen molar-refractivity contribution >= 4 is 34.9 Å². The number of hydrogen-bond donors (Lipinski definition) is 5. The molecule has 0 fully saturated rings. The Morgan fingerprint density at radius 3 is 2.45 bits per heavy atom. The van der Waals surface area contributed by atoms with E-state index in [0.717, 1.165) is 4.57 Å². The summed E-state index contributed by atoms with van der Waals surface area (Å²) in [6, 6.07) is -2.23. The minimum Gasteiger partial charge on any atom is -0.481 e. The first-order valence-electron chi connectivity index (χ1n) is 9.61. The van der Waals surface area contributed by atoms with Crippen LogP contribution >= 0.6 is 0 Å². The Hall–Kier alpha value is -3.41.